The monoisotopic (exact) mass is 252 g/mol. The van der Waals surface area contributed by atoms with Crippen LogP contribution in [0.2, 0.25) is 0 Å². The zero-order valence-corrected chi connectivity index (χ0v) is 9.51. The van der Waals surface area contributed by atoms with Crippen LogP contribution in [0.5, 0.6) is 0 Å². The third kappa shape index (κ3) is 1.38. The summed E-state index contributed by atoms with van der Waals surface area (Å²) in [4.78, 5) is 11.8. The van der Waals surface area contributed by atoms with Crippen molar-refractivity contribution < 1.29 is 4.42 Å². The molecule has 0 aliphatic carbocycles. The second kappa shape index (κ2) is 3.24. The molecule has 0 radical (unpaired) electrons. The van der Waals surface area contributed by atoms with Crippen LogP contribution < -0.4 is 5.43 Å². The fraction of sp³-hybridized carbons (Fsp3) is 0.182. The Morgan fingerprint density at radius 3 is 2.71 bits per heavy atom. The van der Waals surface area contributed by atoms with E-state index >= 15 is 0 Å². The largest absolute Gasteiger partial charge is 0.460 e. The Kier molecular flexibility index (Phi) is 2.19. The fourth-order valence-electron chi connectivity index (χ4n) is 1.45. The maximum absolute atomic E-state index is 11.8. The molecule has 0 saturated carbocycles. The molecule has 1 aromatic carbocycles. The summed E-state index contributed by atoms with van der Waals surface area (Å²) in [5, 5.41) is 0.887. The molecule has 14 heavy (non-hydrogen) atoms. The Morgan fingerprint density at radius 1 is 1.29 bits per heavy atom. The molecule has 1 heterocycles. The van der Waals surface area contributed by atoms with Crippen molar-refractivity contribution in [2.45, 2.75) is 13.8 Å². The molecule has 0 N–H and O–H groups in total. The summed E-state index contributed by atoms with van der Waals surface area (Å²) >= 11 is 3.23. The smallest absolute Gasteiger partial charge is 0.235 e. The summed E-state index contributed by atoms with van der Waals surface area (Å²) in [5.41, 5.74) is 2.35. The minimum Gasteiger partial charge on any atom is -0.460 e. The molecule has 0 saturated heterocycles. The maximum Gasteiger partial charge on any atom is 0.235 e. The van der Waals surface area contributed by atoms with E-state index in [9.17, 15) is 4.79 Å². The van der Waals surface area contributed by atoms with Gasteiger partial charge in [0.05, 0.1) is 10.7 Å². The molecule has 0 amide bonds. The van der Waals surface area contributed by atoms with Gasteiger partial charge in [0, 0.05) is 5.39 Å². The van der Waals surface area contributed by atoms with Crippen LogP contribution in [0.4, 0.5) is 0 Å². The van der Waals surface area contributed by atoms with Gasteiger partial charge in [0.1, 0.15) is 0 Å². The van der Waals surface area contributed by atoms with E-state index in [-0.39, 0.29) is 5.43 Å². The average Bonchev–Trinajstić information content (AvgIpc) is 2.42. The summed E-state index contributed by atoms with van der Waals surface area (Å²) < 4.78 is 5.77. The number of aryl methyl sites for hydroxylation is 2. The van der Waals surface area contributed by atoms with E-state index in [0.717, 1.165) is 16.5 Å². The van der Waals surface area contributed by atoms with Crippen LogP contribution in [0.25, 0.3) is 11.0 Å². The number of hydrogen-bond donors (Lipinski definition) is 0. The van der Waals surface area contributed by atoms with Crippen LogP contribution in [0.3, 0.4) is 0 Å². The Balaban J connectivity index is 3.09. The van der Waals surface area contributed by atoms with Crippen LogP contribution in [0.1, 0.15) is 11.1 Å². The van der Waals surface area contributed by atoms with E-state index in [4.69, 9.17) is 4.42 Å². The first-order chi connectivity index (χ1) is 6.59. The van der Waals surface area contributed by atoms with Gasteiger partial charge in [0.2, 0.25) is 5.43 Å². The van der Waals surface area contributed by atoms with Crippen LogP contribution >= 0.6 is 15.9 Å². The highest BCUT2D eigenvalue weighted by Gasteiger charge is 2.07. The number of halogens is 1. The van der Waals surface area contributed by atoms with Gasteiger partial charge in [0.15, 0.2) is 5.58 Å². The molecule has 2 nitrogen and oxygen atoms in total. The highest BCUT2D eigenvalue weighted by molar-refractivity contribution is 9.10. The molecule has 1 aromatic heterocycles. The lowest BCUT2D eigenvalue weighted by atomic mass is 10.2. The Morgan fingerprint density at radius 2 is 2.00 bits per heavy atom. The number of fused-ring (bicyclic) bond motifs is 1. The minimum absolute atomic E-state index is 0.0961. The second-order valence-electron chi connectivity index (χ2n) is 3.37. The summed E-state index contributed by atoms with van der Waals surface area (Å²) in [6.45, 7) is 3.88. The van der Waals surface area contributed by atoms with Crippen molar-refractivity contribution in [3.8, 4) is 0 Å². The Bertz CT molecular complexity index is 555. The fourth-order valence-corrected chi connectivity index (χ4v) is 1.99. The van der Waals surface area contributed by atoms with Crippen molar-refractivity contribution in [3.63, 3.8) is 0 Å². The van der Waals surface area contributed by atoms with Gasteiger partial charge in [-0.15, -0.1) is 0 Å². The quantitative estimate of drug-likeness (QED) is 0.721. The van der Waals surface area contributed by atoms with Gasteiger partial charge in [-0.05, 0) is 53.0 Å². The highest BCUT2D eigenvalue weighted by atomic mass is 79.9. The molecule has 0 bridgehead atoms. The van der Waals surface area contributed by atoms with E-state index in [1.165, 1.54) is 0 Å². The average molecular weight is 253 g/mol. The lowest BCUT2D eigenvalue weighted by Gasteiger charge is -1.83. The van der Waals surface area contributed by atoms with E-state index in [0.29, 0.717) is 10.1 Å². The Labute approximate surface area is 89.7 Å². The topological polar surface area (TPSA) is 30.2 Å². The van der Waals surface area contributed by atoms with Gasteiger partial charge >= 0.3 is 0 Å². The first-order valence-corrected chi connectivity index (χ1v) is 5.07. The van der Waals surface area contributed by atoms with Gasteiger partial charge < -0.3 is 4.42 Å². The van der Waals surface area contributed by atoms with Crippen molar-refractivity contribution in [3.05, 3.63) is 44.2 Å². The number of hydrogen-bond acceptors (Lipinski definition) is 2. The molecule has 2 aromatic rings. The zero-order valence-electron chi connectivity index (χ0n) is 7.93. The van der Waals surface area contributed by atoms with Crippen molar-refractivity contribution in [2.75, 3.05) is 0 Å². The molecule has 2 rings (SSSR count). The first-order valence-electron chi connectivity index (χ1n) is 4.28. The lowest BCUT2D eigenvalue weighted by Crippen LogP contribution is -1.96. The Hall–Kier alpha value is -1.09. The predicted octanol–water partition coefficient (Wildman–Crippen LogP) is 3.17. The molecule has 72 valence electrons. The maximum atomic E-state index is 11.8. The molecule has 3 heteroatoms. The SMILES string of the molecule is Cc1cc(Br)c(=O)c2occ(C)c2c1. The normalized spacial score (nSPS) is 10.8. The molecule has 0 spiro atoms. The van der Waals surface area contributed by atoms with Gasteiger partial charge in [0.25, 0.3) is 0 Å². The van der Waals surface area contributed by atoms with E-state index in [1.807, 2.05) is 19.9 Å². The summed E-state index contributed by atoms with van der Waals surface area (Å²) in [7, 11) is 0. The predicted molar refractivity (Wildman–Crippen MR) is 59.7 cm³/mol. The van der Waals surface area contributed by atoms with Crippen LogP contribution in [-0.2, 0) is 0 Å². The molecule has 0 atom stereocenters. The lowest BCUT2D eigenvalue weighted by molar-refractivity contribution is 0.610. The zero-order chi connectivity index (χ0) is 10.3. The van der Waals surface area contributed by atoms with E-state index < -0.39 is 0 Å². The van der Waals surface area contributed by atoms with Crippen LogP contribution in [-0.4, -0.2) is 0 Å². The van der Waals surface area contributed by atoms with Gasteiger partial charge in [-0.3, -0.25) is 4.79 Å². The summed E-state index contributed by atoms with van der Waals surface area (Å²) in [5.74, 6) is 0. The van der Waals surface area contributed by atoms with Crippen molar-refractivity contribution in [2.24, 2.45) is 0 Å². The first kappa shape index (κ1) is 9.46. The minimum atomic E-state index is -0.0961. The second-order valence-corrected chi connectivity index (χ2v) is 4.23. The molecule has 0 aliphatic rings. The molecule has 0 unspecified atom stereocenters. The molecular formula is C11H9BrO2. The van der Waals surface area contributed by atoms with E-state index in [1.54, 1.807) is 12.3 Å². The van der Waals surface area contributed by atoms with Crippen molar-refractivity contribution in [1.82, 2.24) is 0 Å². The number of furan rings is 1. The molecular weight excluding hydrogens is 244 g/mol. The van der Waals surface area contributed by atoms with Gasteiger partial charge in [-0.25, -0.2) is 0 Å². The summed E-state index contributed by atoms with van der Waals surface area (Å²) in [6, 6.07) is 3.76. The number of rotatable bonds is 0. The van der Waals surface area contributed by atoms with Crippen molar-refractivity contribution >= 4 is 26.9 Å². The van der Waals surface area contributed by atoms with E-state index in [2.05, 4.69) is 15.9 Å². The molecule has 0 aliphatic heterocycles. The molecule has 0 fully saturated rings. The van der Waals surface area contributed by atoms with Crippen molar-refractivity contribution in [1.29, 1.82) is 0 Å². The van der Waals surface area contributed by atoms with Gasteiger partial charge in [-0.1, -0.05) is 0 Å². The van der Waals surface area contributed by atoms with Crippen LogP contribution in [0, 0.1) is 13.8 Å². The van der Waals surface area contributed by atoms with Gasteiger partial charge in [-0.2, -0.15) is 0 Å². The third-order valence-electron chi connectivity index (χ3n) is 2.17. The highest BCUT2D eigenvalue weighted by Crippen LogP contribution is 2.19. The van der Waals surface area contributed by atoms with Crippen LogP contribution in [0.15, 0.2) is 32.1 Å². The standard InChI is InChI=1S/C11H9BrO2/c1-6-3-8-7(2)5-14-11(8)10(13)9(12)4-6/h3-5H,1-2H3. The summed E-state index contributed by atoms with van der Waals surface area (Å²) in [6.07, 6.45) is 1.61. The third-order valence-corrected chi connectivity index (χ3v) is 2.76.